The number of hydrogen-bond acceptors (Lipinski definition) is 4. The molecular formula is C16H31N3O2. The minimum atomic E-state index is -0.407. The van der Waals surface area contributed by atoms with Crippen LogP contribution in [-0.4, -0.2) is 67.3 Å². The van der Waals surface area contributed by atoms with E-state index in [9.17, 15) is 4.79 Å². The summed E-state index contributed by atoms with van der Waals surface area (Å²) in [5.41, 5.74) is -0.407. The molecule has 0 radical (unpaired) electrons. The fourth-order valence-electron chi connectivity index (χ4n) is 3.19. The molecule has 5 nitrogen and oxygen atoms in total. The summed E-state index contributed by atoms with van der Waals surface area (Å²) in [5, 5.41) is 3.64. The van der Waals surface area contributed by atoms with Crippen LogP contribution < -0.4 is 5.32 Å². The summed E-state index contributed by atoms with van der Waals surface area (Å²) in [4.78, 5) is 16.3. The Hall–Kier alpha value is -0.810. The number of amides is 1. The summed E-state index contributed by atoms with van der Waals surface area (Å²) < 4.78 is 5.43. The Morgan fingerprint density at radius 2 is 2.00 bits per heavy atom. The molecule has 1 N–H and O–H groups in total. The predicted octanol–water partition coefficient (Wildman–Crippen LogP) is 1.93. The Morgan fingerprint density at radius 1 is 1.24 bits per heavy atom. The number of rotatable bonds is 3. The van der Waals surface area contributed by atoms with Gasteiger partial charge in [0.15, 0.2) is 0 Å². The summed E-state index contributed by atoms with van der Waals surface area (Å²) in [7, 11) is 2.20. The molecule has 2 atom stereocenters. The number of piperidine rings is 1. The van der Waals surface area contributed by atoms with E-state index in [2.05, 4.69) is 17.3 Å². The van der Waals surface area contributed by atoms with E-state index in [1.807, 2.05) is 25.7 Å². The van der Waals surface area contributed by atoms with Crippen molar-refractivity contribution in [3.05, 3.63) is 0 Å². The number of carbonyl (C=O) groups is 1. The zero-order valence-corrected chi connectivity index (χ0v) is 14.0. The fraction of sp³-hybridized carbons (Fsp3) is 0.938. The van der Waals surface area contributed by atoms with Gasteiger partial charge in [0.2, 0.25) is 0 Å². The van der Waals surface area contributed by atoms with Crippen molar-refractivity contribution in [2.24, 2.45) is 5.92 Å². The number of nitrogens with zero attached hydrogens (tertiary/aromatic N) is 2. The molecule has 1 amide bonds. The molecule has 21 heavy (non-hydrogen) atoms. The minimum Gasteiger partial charge on any atom is -0.444 e. The molecule has 5 heteroatoms. The lowest BCUT2D eigenvalue weighted by Crippen LogP contribution is -2.42. The normalized spacial score (nSPS) is 27.9. The molecule has 0 spiro atoms. The molecule has 2 aliphatic rings. The zero-order chi connectivity index (χ0) is 15.5. The molecule has 2 fully saturated rings. The molecule has 0 aromatic carbocycles. The first kappa shape index (κ1) is 16.6. The second kappa shape index (κ2) is 6.97. The van der Waals surface area contributed by atoms with E-state index < -0.39 is 5.60 Å². The van der Waals surface area contributed by atoms with Crippen molar-refractivity contribution in [1.82, 2.24) is 15.1 Å². The highest BCUT2D eigenvalue weighted by Crippen LogP contribution is 2.17. The second-order valence-corrected chi connectivity index (χ2v) is 7.59. The highest BCUT2D eigenvalue weighted by Gasteiger charge is 2.30. The van der Waals surface area contributed by atoms with Crippen LogP contribution in [0.1, 0.15) is 40.0 Å². The second-order valence-electron chi connectivity index (χ2n) is 7.59. The summed E-state index contributed by atoms with van der Waals surface area (Å²) in [6, 6.07) is 0.421. The van der Waals surface area contributed by atoms with Gasteiger partial charge in [-0.15, -0.1) is 0 Å². The predicted molar refractivity (Wildman–Crippen MR) is 84.4 cm³/mol. The van der Waals surface area contributed by atoms with E-state index in [4.69, 9.17) is 4.74 Å². The number of carbonyl (C=O) groups excluding carboxylic acids is 1. The van der Waals surface area contributed by atoms with Gasteiger partial charge in [0, 0.05) is 25.7 Å². The van der Waals surface area contributed by atoms with Gasteiger partial charge in [-0.1, -0.05) is 0 Å². The van der Waals surface area contributed by atoms with Crippen LogP contribution in [0.3, 0.4) is 0 Å². The molecule has 0 aliphatic carbocycles. The van der Waals surface area contributed by atoms with Gasteiger partial charge in [0.1, 0.15) is 5.60 Å². The van der Waals surface area contributed by atoms with Gasteiger partial charge < -0.3 is 19.9 Å². The maximum atomic E-state index is 12.0. The van der Waals surface area contributed by atoms with E-state index in [0.717, 1.165) is 32.0 Å². The monoisotopic (exact) mass is 297 g/mol. The lowest BCUT2D eigenvalue weighted by molar-refractivity contribution is 0.0290. The van der Waals surface area contributed by atoms with Crippen molar-refractivity contribution in [3.63, 3.8) is 0 Å². The molecule has 0 aromatic rings. The number of hydrogen-bond donors (Lipinski definition) is 1. The van der Waals surface area contributed by atoms with E-state index in [-0.39, 0.29) is 6.09 Å². The van der Waals surface area contributed by atoms with E-state index in [1.165, 1.54) is 25.9 Å². The molecular weight excluding hydrogens is 266 g/mol. The number of likely N-dealkylation sites (tertiary alicyclic amines) is 2. The summed E-state index contributed by atoms with van der Waals surface area (Å²) in [6.45, 7) is 10.8. The first-order valence-corrected chi connectivity index (χ1v) is 8.23. The lowest BCUT2D eigenvalue weighted by atomic mass is 9.98. The molecule has 122 valence electrons. The van der Waals surface area contributed by atoms with Crippen LogP contribution in [0.4, 0.5) is 4.79 Å². The van der Waals surface area contributed by atoms with Gasteiger partial charge in [-0.3, -0.25) is 0 Å². The highest BCUT2D eigenvalue weighted by atomic mass is 16.6. The fourth-order valence-corrected chi connectivity index (χ4v) is 3.19. The zero-order valence-electron chi connectivity index (χ0n) is 14.0. The van der Waals surface area contributed by atoms with Crippen LogP contribution in [0.25, 0.3) is 0 Å². The Labute approximate surface area is 129 Å². The van der Waals surface area contributed by atoms with Crippen LogP contribution in [0.2, 0.25) is 0 Å². The highest BCUT2D eigenvalue weighted by molar-refractivity contribution is 5.68. The Balaban J connectivity index is 1.69. The Kier molecular flexibility index (Phi) is 5.49. The smallest absolute Gasteiger partial charge is 0.410 e. The van der Waals surface area contributed by atoms with Gasteiger partial charge >= 0.3 is 6.09 Å². The first-order chi connectivity index (χ1) is 9.83. The van der Waals surface area contributed by atoms with Crippen molar-refractivity contribution in [1.29, 1.82) is 0 Å². The van der Waals surface area contributed by atoms with E-state index >= 15 is 0 Å². The van der Waals surface area contributed by atoms with Gasteiger partial charge in [0.25, 0.3) is 0 Å². The topological polar surface area (TPSA) is 44.8 Å². The molecule has 2 aliphatic heterocycles. The minimum absolute atomic E-state index is 0.177. The van der Waals surface area contributed by atoms with Crippen molar-refractivity contribution in [3.8, 4) is 0 Å². The molecule has 0 aromatic heterocycles. The third-order valence-electron chi connectivity index (χ3n) is 4.26. The molecule has 2 rings (SSSR count). The SMILES string of the molecule is CN1CCCC(CNC2CCN(C(=O)OC(C)(C)C)C2)C1. The van der Waals surface area contributed by atoms with Gasteiger partial charge in [0.05, 0.1) is 0 Å². The molecule has 0 saturated carbocycles. The maximum Gasteiger partial charge on any atom is 0.410 e. The third kappa shape index (κ3) is 5.47. The average molecular weight is 297 g/mol. The standard InChI is InChI=1S/C16H31N3O2/c1-16(2,3)21-15(20)19-9-7-14(12-19)17-10-13-6-5-8-18(4)11-13/h13-14,17H,5-12H2,1-4H3. The lowest BCUT2D eigenvalue weighted by Gasteiger charge is -2.30. The molecule has 2 heterocycles. The number of nitrogens with one attached hydrogen (secondary N) is 1. The quantitative estimate of drug-likeness (QED) is 0.864. The summed E-state index contributed by atoms with van der Waals surface area (Å²) in [5.74, 6) is 0.749. The van der Waals surface area contributed by atoms with Gasteiger partial charge in [-0.25, -0.2) is 4.79 Å². The molecule has 0 bridgehead atoms. The van der Waals surface area contributed by atoms with Crippen LogP contribution in [0.15, 0.2) is 0 Å². The Bertz CT molecular complexity index is 354. The summed E-state index contributed by atoms with van der Waals surface area (Å²) >= 11 is 0. The van der Waals surface area contributed by atoms with Crippen molar-refractivity contribution in [2.45, 2.75) is 51.7 Å². The van der Waals surface area contributed by atoms with E-state index in [0.29, 0.717) is 6.04 Å². The van der Waals surface area contributed by atoms with Crippen molar-refractivity contribution in [2.75, 3.05) is 39.8 Å². The Morgan fingerprint density at radius 3 is 2.67 bits per heavy atom. The average Bonchev–Trinajstić information content (AvgIpc) is 2.83. The molecule has 2 unspecified atom stereocenters. The maximum absolute atomic E-state index is 12.0. The van der Waals surface area contributed by atoms with E-state index in [1.54, 1.807) is 0 Å². The van der Waals surface area contributed by atoms with Gasteiger partial charge in [-0.2, -0.15) is 0 Å². The summed E-state index contributed by atoms with van der Waals surface area (Å²) in [6.07, 6.45) is 3.48. The first-order valence-electron chi connectivity index (χ1n) is 8.23. The van der Waals surface area contributed by atoms with Crippen molar-refractivity contribution < 1.29 is 9.53 Å². The van der Waals surface area contributed by atoms with Crippen molar-refractivity contribution >= 4 is 6.09 Å². The van der Waals surface area contributed by atoms with Crippen LogP contribution >= 0.6 is 0 Å². The third-order valence-corrected chi connectivity index (χ3v) is 4.26. The van der Waals surface area contributed by atoms with Gasteiger partial charge in [-0.05, 0) is 66.1 Å². The molecule has 2 saturated heterocycles. The van der Waals surface area contributed by atoms with Crippen LogP contribution in [0.5, 0.6) is 0 Å². The van der Waals surface area contributed by atoms with Crippen LogP contribution in [-0.2, 0) is 4.74 Å². The number of ether oxygens (including phenoxy) is 1. The largest absolute Gasteiger partial charge is 0.444 e. The van der Waals surface area contributed by atoms with Crippen LogP contribution in [0, 0.1) is 5.92 Å².